The van der Waals surface area contributed by atoms with Crippen LogP contribution >= 0.6 is 0 Å². The van der Waals surface area contributed by atoms with Crippen LogP contribution in [0.2, 0.25) is 0 Å². The van der Waals surface area contributed by atoms with Crippen molar-refractivity contribution < 1.29 is 49.2 Å². The molecule has 0 saturated carbocycles. The zero-order valence-corrected chi connectivity index (χ0v) is 17.0. The van der Waals surface area contributed by atoms with Gasteiger partial charge in [-0.3, -0.25) is 9.59 Å². The quantitative estimate of drug-likeness (QED) is 0.373. The number of carboxylic acids is 3. The van der Waals surface area contributed by atoms with Gasteiger partial charge in [-0.2, -0.15) is 0 Å². The third-order valence-corrected chi connectivity index (χ3v) is 3.61. The Morgan fingerprint density at radius 1 is 0.933 bits per heavy atom. The predicted molar refractivity (Wildman–Crippen MR) is 103 cm³/mol. The highest BCUT2D eigenvalue weighted by molar-refractivity contribution is 5.92. The molecule has 4 N–H and O–H groups in total. The van der Waals surface area contributed by atoms with Gasteiger partial charge >= 0.3 is 23.9 Å². The monoisotopic (exact) mass is 429 g/mol. The largest absolute Gasteiger partial charge is 0.493 e. The predicted octanol–water partition coefficient (Wildman–Crippen LogP) is 1.25. The first kappa shape index (κ1) is 26.8. The summed E-state index contributed by atoms with van der Waals surface area (Å²) in [6.07, 6.45) is -2.29. The number of hydrogen-bond acceptors (Lipinski definition) is 8. The van der Waals surface area contributed by atoms with E-state index in [0.29, 0.717) is 31.0 Å². The number of rotatable bonds is 11. The van der Waals surface area contributed by atoms with E-state index in [-0.39, 0.29) is 5.97 Å². The second kappa shape index (κ2) is 13.1. The zero-order valence-electron chi connectivity index (χ0n) is 17.0. The zero-order chi connectivity index (χ0) is 23.3. The Kier molecular flexibility index (Phi) is 11.7. The number of carbonyl (C=O) groups is 4. The van der Waals surface area contributed by atoms with E-state index < -0.39 is 36.4 Å². The molecule has 0 aliphatic heterocycles. The van der Waals surface area contributed by atoms with E-state index in [1.165, 1.54) is 0 Å². The average Bonchev–Trinajstić information content (AvgIpc) is 2.65. The van der Waals surface area contributed by atoms with Gasteiger partial charge in [-0.25, -0.2) is 9.59 Å². The van der Waals surface area contributed by atoms with Gasteiger partial charge in [0.15, 0.2) is 5.60 Å². The number of carboxylic acid groups (broad SMARTS) is 3. The van der Waals surface area contributed by atoms with Gasteiger partial charge in [-0.05, 0) is 32.9 Å². The first-order valence-electron chi connectivity index (χ1n) is 9.09. The molecule has 0 heterocycles. The van der Waals surface area contributed by atoms with Crippen molar-refractivity contribution in [1.29, 1.82) is 0 Å². The summed E-state index contributed by atoms with van der Waals surface area (Å²) in [6.45, 7) is 7.61. The number of benzene rings is 1. The lowest BCUT2D eigenvalue weighted by Crippen LogP contribution is -2.42. The molecule has 30 heavy (non-hydrogen) atoms. The normalized spacial score (nSPS) is 10.6. The summed E-state index contributed by atoms with van der Waals surface area (Å²) >= 11 is 0. The van der Waals surface area contributed by atoms with Crippen molar-refractivity contribution in [3.05, 3.63) is 29.8 Å². The molecule has 1 aromatic rings. The van der Waals surface area contributed by atoms with Crippen molar-refractivity contribution in [1.82, 2.24) is 5.06 Å². The van der Waals surface area contributed by atoms with Crippen molar-refractivity contribution in [2.75, 3.05) is 19.7 Å². The SMILES string of the molecule is CCOc1ccccc1C(=O)ON(CC)CC.O=C(O)CC(O)(CC(=O)O)C(=O)O. The van der Waals surface area contributed by atoms with Gasteiger partial charge in [0.2, 0.25) is 0 Å². The molecule has 1 aromatic carbocycles. The molecule has 0 aromatic heterocycles. The highest BCUT2D eigenvalue weighted by atomic mass is 16.7. The molecular weight excluding hydrogens is 402 g/mol. The standard InChI is InChI=1S/C13H19NO3.C6H8O7/c1-4-14(5-2)17-13(15)11-9-7-8-10-12(11)16-6-3;7-3(8)1-6(13,5(11)12)2-4(9)10/h7-10H,4-6H2,1-3H3;13H,1-2H2,(H,7,8)(H,9,10)(H,11,12). The fraction of sp³-hybridized carbons (Fsp3) is 0.474. The molecule has 0 atom stereocenters. The van der Waals surface area contributed by atoms with Crippen molar-refractivity contribution in [3.63, 3.8) is 0 Å². The number of hydrogen-bond donors (Lipinski definition) is 4. The van der Waals surface area contributed by atoms with E-state index in [1.807, 2.05) is 26.8 Å². The van der Waals surface area contributed by atoms with Gasteiger partial charge in [0, 0.05) is 13.1 Å². The van der Waals surface area contributed by atoms with Crippen molar-refractivity contribution in [2.24, 2.45) is 0 Å². The molecule has 0 aliphatic carbocycles. The molecule has 0 aliphatic rings. The molecule has 11 nitrogen and oxygen atoms in total. The Balaban J connectivity index is 0.000000584. The fourth-order valence-electron chi connectivity index (χ4n) is 2.15. The van der Waals surface area contributed by atoms with Gasteiger partial charge in [0.25, 0.3) is 0 Å². The summed E-state index contributed by atoms with van der Waals surface area (Å²) in [5.41, 5.74) is -2.28. The molecular formula is C19H27NO10. The van der Waals surface area contributed by atoms with Crippen LogP contribution in [0, 0.1) is 0 Å². The number of nitrogens with zero attached hydrogens (tertiary/aromatic N) is 1. The molecule has 0 bridgehead atoms. The Labute approximate surface area is 173 Å². The second-order valence-corrected chi connectivity index (χ2v) is 5.90. The van der Waals surface area contributed by atoms with Crippen LogP contribution in [0.15, 0.2) is 24.3 Å². The second-order valence-electron chi connectivity index (χ2n) is 5.90. The lowest BCUT2D eigenvalue weighted by molar-refractivity contribution is -0.170. The fourth-order valence-corrected chi connectivity index (χ4v) is 2.15. The van der Waals surface area contributed by atoms with Gasteiger partial charge in [-0.15, -0.1) is 5.06 Å². The van der Waals surface area contributed by atoms with Gasteiger partial charge in [-0.1, -0.05) is 12.1 Å². The molecule has 0 amide bonds. The van der Waals surface area contributed by atoms with Gasteiger partial charge < -0.3 is 30.0 Å². The van der Waals surface area contributed by atoms with Crippen LogP contribution in [0.5, 0.6) is 5.75 Å². The lowest BCUT2D eigenvalue weighted by atomic mass is 9.96. The van der Waals surface area contributed by atoms with Crippen LogP contribution in [0.25, 0.3) is 0 Å². The minimum Gasteiger partial charge on any atom is -0.493 e. The van der Waals surface area contributed by atoms with E-state index in [9.17, 15) is 19.2 Å². The summed E-state index contributed by atoms with van der Waals surface area (Å²) in [4.78, 5) is 47.6. The third-order valence-electron chi connectivity index (χ3n) is 3.61. The maximum absolute atomic E-state index is 11.9. The third kappa shape index (κ3) is 9.34. The lowest BCUT2D eigenvalue weighted by Gasteiger charge is -2.18. The van der Waals surface area contributed by atoms with Crippen LogP contribution in [0.3, 0.4) is 0 Å². The van der Waals surface area contributed by atoms with Crippen molar-refractivity contribution >= 4 is 23.9 Å². The van der Waals surface area contributed by atoms with E-state index in [2.05, 4.69) is 0 Å². The van der Waals surface area contributed by atoms with Crippen LogP contribution in [-0.4, -0.2) is 74.7 Å². The van der Waals surface area contributed by atoms with Crippen LogP contribution in [-0.2, 0) is 19.2 Å². The van der Waals surface area contributed by atoms with Crippen LogP contribution in [0.1, 0.15) is 44.0 Å². The molecule has 0 fully saturated rings. The minimum atomic E-state index is -2.74. The average molecular weight is 429 g/mol. The van der Waals surface area contributed by atoms with Gasteiger partial charge in [0.1, 0.15) is 11.3 Å². The highest BCUT2D eigenvalue weighted by Gasteiger charge is 2.40. The Morgan fingerprint density at radius 2 is 1.43 bits per heavy atom. The number of carbonyl (C=O) groups excluding carboxylic acids is 1. The number of para-hydroxylation sites is 1. The maximum atomic E-state index is 11.9. The number of aliphatic hydroxyl groups is 1. The number of ether oxygens (including phenoxy) is 1. The van der Waals surface area contributed by atoms with Crippen molar-refractivity contribution in [2.45, 2.75) is 39.2 Å². The molecule has 168 valence electrons. The summed E-state index contributed by atoms with van der Waals surface area (Å²) in [5.74, 6) is -4.83. The minimum absolute atomic E-state index is 0.377. The Hall–Kier alpha value is -3.18. The smallest absolute Gasteiger partial charge is 0.360 e. The topological polar surface area (TPSA) is 171 Å². The first-order chi connectivity index (χ1) is 14.0. The molecule has 0 saturated heterocycles. The van der Waals surface area contributed by atoms with Crippen LogP contribution in [0.4, 0.5) is 0 Å². The van der Waals surface area contributed by atoms with E-state index in [4.69, 9.17) is 30.0 Å². The summed E-state index contributed by atoms with van der Waals surface area (Å²) in [7, 11) is 0. The summed E-state index contributed by atoms with van der Waals surface area (Å²) in [5, 5.41) is 35.4. The highest BCUT2D eigenvalue weighted by Crippen LogP contribution is 2.19. The van der Waals surface area contributed by atoms with Crippen molar-refractivity contribution in [3.8, 4) is 5.75 Å². The van der Waals surface area contributed by atoms with E-state index in [0.717, 1.165) is 0 Å². The molecule has 0 unspecified atom stereocenters. The van der Waals surface area contributed by atoms with Gasteiger partial charge in [0.05, 0.1) is 19.4 Å². The maximum Gasteiger partial charge on any atom is 0.360 e. The van der Waals surface area contributed by atoms with Crippen LogP contribution < -0.4 is 4.74 Å². The molecule has 11 heteroatoms. The number of hydroxylamine groups is 2. The molecule has 0 spiro atoms. The Morgan fingerprint density at radius 3 is 1.83 bits per heavy atom. The molecule has 1 rings (SSSR count). The van der Waals surface area contributed by atoms with E-state index >= 15 is 0 Å². The summed E-state index contributed by atoms with van der Waals surface area (Å²) < 4.78 is 5.39. The number of aliphatic carboxylic acids is 3. The Bertz CT molecular complexity index is 714. The molecule has 0 radical (unpaired) electrons. The first-order valence-corrected chi connectivity index (χ1v) is 9.09. The van der Waals surface area contributed by atoms with E-state index in [1.54, 1.807) is 23.3 Å². The summed E-state index contributed by atoms with van der Waals surface area (Å²) in [6, 6.07) is 7.10.